The highest BCUT2D eigenvalue weighted by Gasteiger charge is 2.04. The van der Waals surface area contributed by atoms with Crippen molar-refractivity contribution in [1.82, 2.24) is 0 Å². The van der Waals surface area contributed by atoms with Crippen LogP contribution in [0.1, 0.15) is 0 Å². The quantitative estimate of drug-likeness (QED) is 0.306. The molecule has 0 aromatic heterocycles. The van der Waals surface area contributed by atoms with Crippen LogP contribution in [0.15, 0.2) is 97.1 Å². The van der Waals surface area contributed by atoms with Gasteiger partial charge < -0.3 is 30.3 Å². The van der Waals surface area contributed by atoms with Crippen molar-refractivity contribution in [2.45, 2.75) is 0 Å². The molecule has 0 spiro atoms. The van der Waals surface area contributed by atoms with E-state index in [9.17, 15) is 19.2 Å². The average Bonchev–Trinajstić information content (AvgIpc) is 2.85. The molecule has 36 heavy (non-hydrogen) atoms. The maximum atomic E-state index is 11.6. The van der Waals surface area contributed by atoms with Crippen LogP contribution >= 0.6 is 0 Å². The molecule has 10 heteroatoms. The Morgan fingerprint density at radius 3 is 1.06 bits per heavy atom. The van der Waals surface area contributed by atoms with Gasteiger partial charge in [0.2, 0.25) is 11.8 Å². The summed E-state index contributed by atoms with van der Waals surface area (Å²) in [5, 5.41) is 22.2. The van der Waals surface area contributed by atoms with Crippen molar-refractivity contribution in [2.75, 3.05) is 10.6 Å². The van der Waals surface area contributed by atoms with Crippen molar-refractivity contribution in [3.05, 3.63) is 97.1 Å². The highest BCUT2D eigenvalue weighted by molar-refractivity contribution is 6.03. The van der Waals surface area contributed by atoms with E-state index in [1.165, 1.54) is 0 Å². The highest BCUT2D eigenvalue weighted by atomic mass is 16.5. The van der Waals surface area contributed by atoms with E-state index in [0.29, 0.717) is 34.4 Å². The standard InChI is InChI=1S/C26H20N2O8/c29-23(13-15-25(31)32)27-17-1-5-19(6-2-17)35-21-9-11-22(12-10-21)36-20-7-3-18(4-8-20)28-24(30)14-16-26(33)34/h1-16H,(H,27,29)(H,28,30)(H,31,32)(H,33,34)/b15-13+,16-14+. The molecule has 3 aromatic rings. The number of ether oxygens (including phenoxy) is 2. The van der Waals surface area contributed by atoms with Crippen molar-refractivity contribution in [3.8, 4) is 23.0 Å². The largest absolute Gasteiger partial charge is 0.478 e. The molecule has 3 aromatic carbocycles. The summed E-state index contributed by atoms with van der Waals surface area (Å²) in [7, 11) is 0. The number of hydrogen-bond acceptors (Lipinski definition) is 6. The first-order valence-corrected chi connectivity index (χ1v) is 10.4. The number of benzene rings is 3. The van der Waals surface area contributed by atoms with E-state index >= 15 is 0 Å². The number of anilines is 2. The Labute approximate surface area is 205 Å². The fourth-order valence-corrected chi connectivity index (χ4v) is 2.72. The monoisotopic (exact) mass is 488 g/mol. The molecule has 2 amide bonds. The molecule has 0 fully saturated rings. The third-order valence-electron chi connectivity index (χ3n) is 4.29. The van der Waals surface area contributed by atoms with E-state index in [1.807, 2.05) is 0 Å². The van der Waals surface area contributed by atoms with Crippen LogP contribution in [0.5, 0.6) is 23.0 Å². The average molecular weight is 488 g/mol. The smallest absolute Gasteiger partial charge is 0.328 e. The van der Waals surface area contributed by atoms with Crippen LogP contribution in [0.25, 0.3) is 0 Å². The van der Waals surface area contributed by atoms with Crippen LogP contribution in [0.4, 0.5) is 11.4 Å². The Kier molecular flexibility index (Phi) is 8.55. The van der Waals surface area contributed by atoms with Gasteiger partial charge in [-0.15, -0.1) is 0 Å². The van der Waals surface area contributed by atoms with Gasteiger partial charge in [0.1, 0.15) is 23.0 Å². The molecule has 4 N–H and O–H groups in total. The number of nitrogens with one attached hydrogen (secondary N) is 2. The van der Waals surface area contributed by atoms with Gasteiger partial charge >= 0.3 is 11.9 Å². The number of carboxylic acids is 2. The van der Waals surface area contributed by atoms with Crippen LogP contribution < -0.4 is 20.1 Å². The van der Waals surface area contributed by atoms with Crippen molar-refractivity contribution < 1.29 is 38.9 Å². The summed E-state index contributed by atoms with van der Waals surface area (Å²) in [5.74, 6) is -1.39. The summed E-state index contributed by atoms with van der Waals surface area (Å²) in [5.41, 5.74) is 0.960. The summed E-state index contributed by atoms with van der Waals surface area (Å²) in [6, 6.07) is 19.9. The molecule has 0 aliphatic carbocycles. The Bertz CT molecular complexity index is 1190. The van der Waals surface area contributed by atoms with Gasteiger partial charge in [-0.05, 0) is 72.8 Å². The van der Waals surface area contributed by atoms with E-state index in [-0.39, 0.29) is 0 Å². The summed E-state index contributed by atoms with van der Waals surface area (Å²) in [6.45, 7) is 0. The number of carboxylic acid groups (broad SMARTS) is 2. The van der Waals surface area contributed by atoms with E-state index in [2.05, 4.69) is 10.6 Å². The first kappa shape index (κ1) is 25.2. The second-order valence-electron chi connectivity index (χ2n) is 7.05. The fraction of sp³-hybridized carbons (Fsp3) is 0. The van der Waals surface area contributed by atoms with Gasteiger partial charge in [-0.2, -0.15) is 0 Å². The second-order valence-corrected chi connectivity index (χ2v) is 7.05. The minimum atomic E-state index is -1.21. The Hall–Kier alpha value is -5.38. The summed E-state index contributed by atoms with van der Waals surface area (Å²) in [6.07, 6.45) is 3.34. The topological polar surface area (TPSA) is 151 Å². The molecule has 0 aliphatic heterocycles. The highest BCUT2D eigenvalue weighted by Crippen LogP contribution is 2.28. The van der Waals surface area contributed by atoms with Crippen LogP contribution in [0.3, 0.4) is 0 Å². The lowest BCUT2D eigenvalue weighted by Gasteiger charge is -2.10. The molecule has 182 valence electrons. The van der Waals surface area contributed by atoms with Crippen LogP contribution in [-0.4, -0.2) is 34.0 Å². The minimum Gasteiger partial charge on any atom is -0.478 e. The van der Waals surface area contributed by atoms with Crippen LogP contribution in [0.2, 0.25) is 0 Å². The van der Waals surface area contributed by atoms with Crippen molar-refractivity contribution >= 4 is 35.1 Å². The summed E-state index contributed by atoms with van der Waals surface area (Å²) >= 11 is 0. The lowest BCUT2D eigenvalue weighted by atomic mass is 10.2. The molecule has 0 radical (unpaired) electrons. The van der Waals surface area contributed by atoms with Crippen molar-refractivity contribution in [2.24, 2.45) is 0 Å². The molecular formula is C26H20N2O8. The molecule has 0 atom stereocenters. The van der Waals surface area contributed by atoms with Gasteiger partial charge in [-0.25, -0.2) is 9.59 Å². The van der Waals surface area contributed by atoms with Gasteiger partial charge in [0.05, 0.1) is 0 Å². The lowest BCUT2D eigenvalue weighted by Crippen LogP contribution is -2.08. The van der Waals surface area contributed by atoms with Crippen LogP contribution in [0, 0.1) is 0 Å². The molecule has 0 saturated heterocycles. The Balaban J connectivity index is 1.51. The van der Waals surface area contributed by atoms with Gasteiger partial charge in [0.15, 0.2) is 0 Å². The predicted molar refractivity (Wildman–Crippen MR) is 130 cm³/mol. The van der Waals surface area contributed by atoms with Gasteiger partial charge in [0.25, 0.3) is 0 Å². The van der Waals surface area contributed by atoms with Gasteiger partial charge in [0, 0.05) is 35.7 Å². The molecule has 3 rings (SSSR count). The normalized spacial score (nSPS) is 10.7. The summed E-state index contributed by atoms with van der Waals surface area (Å²) in [4.78, 5) is 44.1. The number of aliphatic carboxylic acids is 2. The van der Waals surface area contributed by atoms with Gasteiger partial charge in [-0.3, -0.25) is 9.59 Å². The van der Waals surface area contributed by atoms with Crippen molar-refractivity contribution in [1.29, 1.82) is 0 Å². The van der Waals surface area contributed by atoms with E-state index in [0.717, 1.165) is 24.3 Å². The predicted octanol–water partition coefficient (Wildman–Crippen LogP) is 4.43. The summed E-state index contributed by atoms with van der Waals surface area (Å²) < 4.78 is 11.5. The molecule has 0 bridgehead atoms. The first-order chi connectivity index (χ1) is 17.3. The number of carbonyl (C=O) groups is 4. The minimum absolute atomic E-state index is 0.480. The number of rotatable bonds is 10. The maximum absolute atomic E-state index is 11.6. The SMILES string of the molecule is O=C(O)/C=C/C(=O)Nc1ccc(Oc2ccc(Oc3ccc(NC(=O)/C=C/C(=O)O)cc3)cc2)cc1. The second kappa shape index (κ2) is 12.2. The van der Waals surface area contributed by atoms with Gasteiger partial charge in [-0.1, -0.05) is 0 Å². The van der Waals surface area contributed by atoms with E-state index in [1.54, 1.807) is 72.8 Å². The molecule has 0 heterocycles. The Morgan fingerprint density at radius 2 is 0.778 bits per heavy atom. The third-order valence-corrected chi connectivity index (χ3v) is 4.29. The van der Waals surface area contributed by atoms with Crippen LogP contribution in [-0.2, 0) is 19.2 Å². The maximum Gasteiger partial charge on any atom is 0.328 e. The van der Waals surface area contributed by atoms with Crippen molar-refractivity contribution in [3.63, 3.8) is 0 Å². The zero-order valence-corrected chi connectivity index (χ0v) is 18.6. The molecular weight excluding hydrogens is 468 g/mol. The van der Waals surface area contributed by atoms with E-state index in [4.69, 9.17) is 19.7 Å². The molecule has 10 nitrogen and oxygen atoms in total. The molecule has 0 saturated carbocycles. The number of carbonyl (C=O) groups excluding carboxylic acids is 2. The number of amides is 2. The fourth-order valence-electron chi connectivity index (χ4n) is 2.72. The number of hydrogen-bond donors (Lipinski definition) is 4. The first-order valence-electron chi connectivity index (χ1n) is 10.4. The Morgan fingerprint density at radius 1 is 0.500 bits per heavy atom. The molecule has 0 unspecified atom stereocenters. The van der Waals surface area contributed by atoms with E-state index < -0.39 is 23.8 Å². The zero-order chi connectivity index (χ0) is 25.9. The lowest BCUT2D eigenvalue weighted by molar-refractivity contribution is -0.132. The molecule has 0 aliphatic rings. The zero-order valence-electron chi connectivity index (χ0n) is 18.6. The third kappa shape index (κ3) is 8.52.